The Balaban J connectivity index is 0.000000523. The van der Waals surface area contributed by atoms with Crippen LogP contribution in [0, 0.1) is 29.1 Å². The first-order chi connectivity index (χ1) is 15.0. The molecule has 4 rings (SSSR count). The number of ether oxygens (including phenoxy) is 1. The molecule has 1 N–H and O–H groups in total. The van der Waals surface area contributed by atoms with Crippen LogP contribution in [0.15, 0.2) is 30.3 Å². The summed E-state index contributed by atoms with van der Waals surface area (Å²) in [4.78, 5) is 0. The number of amidine groups is 1. The van der Waals surface area contributed by atoms with Gasteiger partial charge in [0.15, 0.2) is 35.6 Å². The summed E-state index contributed by atoms with van der Waals surface area (Å²) < 4.78 is 115. The van der Waals surface area contributed by atoms with Gasteiger partial charge >= 0.3 is 7.25 Å². The van der Waals surface area contributed by atoms with Gasteiger partial charge in [-0.25, -0.2) is 26.5 Å². The summed E-state index contributed by atoms with van der Waals surface area (Å²) in [6, 6.07) is 9.43. The lowest BCUT2D eigenvalue weighted by molar-refractivity contribution is -0.569. The average molecular weight is 471 g/mol. The van der Waals surface area contributed by atoms with Crippen LogP contribution in [0.2, 0.25) is 0 Å². The molecule has 2 heterocycles. The Labute approximate surface area is 176 Å². The van der Waals surface area contributed by atoms with Gasteiger partial charge in [-0.05, 0) is 5.56 Å². The second kappa shape index (κ2) is 9.31. The number of halogens is 9. The number of hydrogen-bond donors (Lipinski definition) is 1. The minimum atomic E-state index is -6.00. The molecule has 0 spiro atoms. The number of nitrogens with one attached hydrogen (secondary N) is 1. The van der Waals surface area contributed by atoms with E-state index in [-0.39, 0.29) is 19.3 Å². The highest BCUT2D eigenvalue weighted by molar-refractivity contribution is 6.50. The number of benzene rings is 2. The van der Waals surface area contributed by atoms with E-state index in [1.54, 1.807) is 0 Å². The normalized spacial score (nSPS) is 18.2. The Hall–Kier alpha value is -2.90. The zero-order valence-electron chi connectivity index (χ0n) is 16.1. The number of hydrazine groups is 1. The Bertz CT molecular complexity index is 982. The maximum absolute atomic E-state index is 14.1. The lowest BCUT2D eigenvalue weighted by Gasteiger charge is -2.21. The standard InChI is InChI=1S/C18H14F5N3O.BF4/c19-13-14(20)16(22)18(17(23)15(13)21)26-9-25-11(7-27-8-12(25)24-26)6-10-4-2-1-3-5-10;2-1(3,4)5/h1-5,11H,6-9H2;/q;-1/p+1/t11-;/m1./s1. The van der Waals surface area contributed by atoms with Gasteiger partial charge in [-0.2, -0.15) is 10.4 Å². The third-order valence-corrected chi connectivity index (χ3v) is 4.66. The molecule has 0 radical (unpaired) electrons. The quantitative estimate of drug-likeness (QED) is 0.241. The number of rotatable bonds is 3. The van der Waals surface area contributed by atoms with Crippen molar-refractivity contribution in [2.24, 2.45) is 0 Å². The fourth-order valence-electron chi connectivity index (χ4n) is 3.34. The van der Waals surface area contributed by atoms with Crippen LogP contribution in [0.25, 0.3) is 0 Å². The molecule has 0 unspecified atom stereocenters. The van der Waals surface area contributed by atoms with Gasteiger partial charge in [-0.3, -0.25) is 0 Å². The van der Waals surface area contributed by atoms with Crippen LogP contribution < -0.4 is 10.4 Å². The first kappa shape index (κ1) is 23.8. The predicted octanol–water partition coefficient (Wildman–Crippen LogP) is 4.02. The molecule has 2 aromatic carbocycles. The first-order valence-corrected chi connectivity index (χ1v) is 9.14. The van der Waals surface area contributed by atoms with E-state index in [1.165, 1.54) is 0 Å². The second-order valence-electron chi connectivity index (χ2n) is 6.87. The molecule has 2 aliphatic heterocycles. The van der Waals surface area contributed by atoms with E-state index in [4.69, 9.17) is 4.74 Å². The van der Waals surface area contributed by atoms with Crippen LogP contribution in [0.5, 0.6) is 0 Å². The van der Waals surface area contributed by atoms with E-state index in [9.17, 15) is 39.2 Å². The maximum Gasteiger partial charge on any atom is 0.673 e. The van der Waals surface area contributed by atoms with Gasteiger partial charge in [-0.15, -0.1) is 0 Å². The highest BCUT2D eigenvalue weighted by Crippen LogP contribution is 2.30. The van der Waals surface area contributed by atoms with Gasteiger partial charge in [0, 0.05) is 6.42 Å². The Morgan fingerprint density at radius 3 is 2.00 bits per heavy atom. The first-order valence-electron chi connectivity index (χ1n) is 9.14. The molecule has 0 fully saturated rings. The fourth-order valence-corrected chi connectivity index (χ4v) is 3.34. The summed E-state index contributed by atoms with van der Waals surface area (Å²) in [6.45, 7) is 0.455. The topological polar surface area (TPSA) is 27.5 Å². The van der Waals surface area contributed by atoms with Gasteiger partial charge in [0.1, 0.15) is 12.6 Å². The van der Waals surface area contributed by atoms with Gasteiger partial charge < -0.3 is 22.0 Å². The predicted molar refractivity (Wildman–Crippen MR) is 96.9 cm³/mol. The zero-order valence-corrected chi connectivity index (χ0v) is 16.1. The minimum Gasteiger partial charge on any atom is -0.418 e. The Kier molecular flexibility index (Phi) is 6.91. The largest absolute Gasteiger partial charge is 0.673 e. The summed E-state index contributed by atoms with van der Waals surface area (Å²) in [5, 5.41) is 0.915. The average Bonchev–Trinajstić information content (AvgIpc) is 3.15. The van der Waals surface area contributed by atoms with Crippen molar-refractivity contribution in [3.8, 4) is 0 Å². The molecule has 174 valence electrons. The van der Waals surface area contributed by atoms with E-state index in [0.29, 0.717) is 18.9 Å². The highest BCUT2D eigenvalue weighted by Gasteiger charge is 2.41. The zero-order chi connectivity index (χ0) is 23.6. The van der Waals surface area contributed by atoms with Crippen LogP contribution in [-0.2, 0) is 11.2 Å². The van der Waals surface area contributed by atoms with E-state index < -0.39 is 42.0 Å². The van der Waals surface area contributed by atoms with Crippen molar-refractivity contribution in [2.75, 3.05) is 24.9 Å². The van der Waals surface area contributed by atoms with Gasteiger partial charge in [0.2, 0.25) is 5.82 Å². The van der Waals surface area contributed by atoms with Crippen molar-refractivity contribution >= 4 is 18.8 Å². The van der Waals surface area contributed by atoms with Crippen LogP contribution in [0.3, 0.4) is 0 Å². The van der Waals surface area contributed by atoms with Crippen molar-refractivity contribution in [1.29, 1.82) is 0 Å². The summed E-state index contributed by atoms with van der Waals surface area (Å²) in [6.07, 6.45) is 0.608. The number of anilines is 1. The molecule has 4 nitrogen and oxygen atoms in total. The van der Waals surface area contributed by atoms with Crippen LogP contribution >= 0.6 is 0 Å². The molecule has 1 atom stereocenters. The third-order valence-electron chi connectivity index (χ3n) is 4.66. The van der Waals surface area contributed by atoms with Crippen molar-refractivity contribution in [1.82, 2.24) is 5.43 Å². The summed E-state index contributed by atoms with van der Waals surface area (Å²) >= 11 is 0. The lowest BCUT2D eigenvalue weighted by Crippen LogP contribution is -2.43. The summed E-state index contributed by atoms with van der Waals surface area (Å²) in [7, 11) is -6.00. The molecule has 0 bridgehead atoms. The second-order valence-corrected chi connectivity index (χ2v) is 6.87. The van der Waals surface area contributed by atoms with E-state index in [1.807, 2.05) is 34.9 Å². The smallest absolute Gasteiger partial charge is 0.418 e. The Morgan fingerprint density at radius 2 is 1.44 bits per heavy atom. The maximum atomic E-state index is 14.1. The molecular weight excluding hydrogens is 456 g/mol. The molecule has 0 aliphatic carbocycles. The lowest BCUT2D eigenvalue weighted by atomic mass is 10.1. The SMILES string of the molecule is F[B-](F)(F)F.Fc1c(F)c(F)c(N2C[N+]3=C(COC[C@H]3Cc3ccccc3)N2)c(F)c1F. The van der Waals surface area contributed by atoms with Gasteiger partial charge in [0.05, 0.1) is 6.61 Å². The highest BCUT2D eigenvalue weighted by atomic mass is 19.5. The van der Waals surface area contributed by atoms with Crippen molar-refractivity contribution in [3.63, 3.8) is 0 Å². The monoisotopic (exact) mass is 471 g/mol. The number of hydrogen-bond acceptors (Lipinski definition) is 3. The molecule has 0 amide bonds. The number of nitrogens with zero attached hydrogens (tertiary/aromatic N) is 2. The molecule has 14 heteroatoms. The molecule has 0 saturated carbocycles. The Morgan fingerprint density at radius 1 is 0.906 bits per heavy atom. The molecule has 2 aromatic rings. The van der Waals surface area contributed by atoms with E-state index in [0.717, 1.165) is 10.6 Å². The molecule has 0 aromatic heterocycles. The van der Waals surface area contributed by atoms with Crippen molar-refractivity contribution in [2.45, 2.75) is 12.5 Å². The van der Waals surface area contributed by atoms with Gasteiger partial charge in [0.25, 0.3) is 5.84 Å². The fraction of sp³-hybridized carbons (Fsp3) is 0.278. The van der Waals surface area contributed by atoms with E-state index >= 15 is 0 Å². The third kappa shape index (κ3) is 5.29. The van der Waals surface area contributed by atoms with Crippen LogP contribution in [0.1, 0.15) is 5.56 Å². The molecule has 2 aliphatic rings. The van der Waals surface area contributed by atoms with Crippen molar-refractivity contribution < 1.29 is 48.5 Å². The van der Waals surface area contributed by atoms with Crippen molar-refractivity contribution in [3.05, 3.63) is 65.0 Å². The molecule has 0 saturated heterocycles. The van der Waals surface area contributed by atoms with Crippen LogP contribution in [0.4, 0.5) is 44.9 Å². The molecule has 32 heavy (non-hydrogen) atoms. The minimum absolute atomic E-state index is 0.0749. The van der Waals surface area contributed by atoms with Gasteiger partial charge in [-0.1, -0.05) is 30.3 Å². The van der Waals surface area contributed by atoms with E-state index in [2.05, 4.69) is 5.43 Å². The summed E-state index contributed by atoms with van der Waals surface area (Å²) in [5.41, 5.74) is 2.73. The molecular formula is C18H15BF9N3O. The summed E-state index contributed by atoms with van der Waals surface area (Å²) in [5.74, 6) is -9.37. The van der Waals surface area contributed by atoms with Crippen LogP contribution in [-0.4, -0.2) is 43.6 Å².